The highest BCUT2D eigenvalue weighted by Gasteiger charge is 2.38. The summed E-state index contributed by atoms with van der Waals surface area (Å²) in [6, 6.07) is 4.75. The molecule has 0 unspecified atom stereocenters. The summed E-state index contributed by atoms with van der Waals surface area (Å²) in [5.74, 6) is -0.00623. The third kappa shape index (κ3) is 2.35. The van der Waals surface area contributed by atoms with Gasteiger partial charge in [0.25, 0.3) is 5.91 Å². The highest BCUT2D eigenvalue weighted by atomic mass is 16.3. The van der Waals surface area contributed by atoms with Crippen LogP contribution in [0.5, 0.6) is 5.75 Å². The average molecular weight is 274 g/mol. The number of anilines is 1. The first kappa shape index (κ1) is 13.3. The predicted octanol–water partition coefficient (Wildman–Crippen LogP) is 2.77. The van der Waals surface area contributed by atoms with Crippen LogP contribution in [0.1, 0.15) is 48.9 Å². The number of rotatable bonds is 1. The molecule has 0 aromatic heterocycles. The number of phenols is 1. The van der Waals surface area contributed by atoms with Gasteiger partial charge in [0, 0.05) is 18.7 Å². The number of carbonyl (C=O) groups is 1. The Balaban J connectivity index is 1.68. The minimum absolute atomic E-state index is 0.00754. The Morgan fingerprint density at radius 1 is 1.15 bits per heavy atom. The van der Waals surface area contributed by atoms with Gasteiger partial charge in [-0.25, -0.2) is 0 Å². The lowest BCUT2D eigenvalue weighted by molar-refractivity contribution is 0.0587. The number of phenolic OH excluding ortho intramolecular Hbond substituents is 1. The molecule has 2 aliphatic rings. The first-order valence-electron chi connectivity index (χ1n) is 7.47. The van der Waals surface area contributed by atoms with Crippen molar-refractivity contribution in [2.24, 2.45) is 5.41 Å². The number of likely N-dealkylation sites (tertiary alicyclic amines) is 1. The Morgan fingerprint density at radius 2 is 1.80 bits per heavy atom. The van der Waals surface area contributed by atoms with Gasteiger partial charge >= 0.3 is 0 Å². The van der Waals surface area contributed by atoms with Gasteiger partial charge < -0.3 is 15.7 Å². The van der Waals surface area contributed by atoms with Crippen LogP contribution in [0, 0.1) is 5.41 Å². The van der Waals surface area contributed by atoms with E-state index in [0.717, 1.165) is 25.9 Å². The van der Waals surface area contributed by atoms with E-state index in [1.54, 1.807) is 12.1 Å². The van der Waals surface area contributed by atoms with Crippen molar-refractivity contribution >= 4 is 11.6 Å². The van der Waals surface area contributed by atoms with Gasteiger partial charge in [0.05, 0.1) is 5.69 Å². The number of amides is 1. The minimum atomic E-state index is -0.0138. The molecule has 1 heterocycles. The lowest BCUT2D eigenvalue weighted by Gasteiger charge is -2.39. The van der Waals surface area contributed by atoms with Gasteiger partial charge in [-0.3, -0.25) is 4.79 Å². The molecule has 2 fully saturated rings. The average Bonchev–Trinajstić information content (AvgIpc) is 2.90. The molecule has 1 aliphatic carbocycles. The number of nitrogens with zero attached hydrogens (tertiary/aromatic N) is 1. The summed E-state index contributed by atoms with van der Waals surface area (Å²) in [6.07, 6.45) is 7.61. The first-order valence-corrected chi connectivity index (χ1v) is 7.47. The summed E-state index contributed by atoms with van der Waals surface area (Å²) in [6.45, 7) is 1.67. The standard InChI is InChI=1S/C16H22N2O2/c17-13-4-3-12(11-14(13)19)15(20)18-9-7-16(8-10-18)5-1-2-6-16/h3-4,11,19H,1-2,5-10,17H2. The quantitative estimate of drug-likeness (QED) is 0.611. The predicted molar refractivity (Wildman–Crippen MR) is 78.6 cm³/mol. The molecule has 1 saturated carbocycles. The Hall–Kier alpha value is -1.71. The number of piperidine rings is 1. The van der Waals surface area contributed by atoms with E-state index in [1.807, 2.05) is 4.90 Å². The summed E-state index contributed by atoms with van der Waals surface area (Å²) in [4.78, 5) is 14.4. The van der Waals surface area contributed by atoms with Gasteiger partial charge in [-0.1, -0.05) is 12.8 Å². The topological polar surface area (TPSA) is 66.6 Å². The van der Waals surface area contributed by atoms with Gasteiger partial charge in [-0.2, -0.15) is 0 Å². The van der Waals surface area contributed by atoms with E-state index in [9.17, 15) is 9.90 Å². The van der Waals surface area contributed by atoms with Crippen LogP contribution in [-0.4, -0.2) is 29.0 Å². The molecule has 1 saturated heterocycles. The Kier molecular flexibility index (Phi) is 3.32. The molecule has 108 valence electrons. The van der Waals surface area contributed by atoms with Crippen molar-refractivity contribution in [3.05, 3.63) is 23.8 Å². The van der Waals surface area contributed by atoms with E-state index in [4.69, 9.17) is 5.73 Å². The molecular weight excluding hydrogens is 252 g/mol. The number of aromatic hydroxyl groups is 1. The molecule has 1 aromatic carbocycles. The molecule has 1 amide bonds. The summed E-state index contributed by atoms with van der Waals surface area (Å²) in [5, 5.41) is 9.62. The van der Waals surface area contributed by atoms with Crippen LogP contribution in [0.3, 0.4) is 0 Å². The minimum Gasteiger partial charge on any atom is -0.506 e. The van der Waals surface area contributed by atoms with E-state index in [-0.39, 0.29) is 11.7 Å². The van der Waals surface area contributed by atoms with E-state index >= 15 is 0 Å². The van der Waals surface area contributed by atoms with E-state index in [1.165, 1.54) is 31.7 Å². The van der Waals surface area contributed by atoms with Crippen molar-refractivity contribution < 1.29 is 9.90 Å². The van der Waals surface area contributed by atoms with Crippen molar-refractivity contribution in [3.8, 4) is 5.75 Å². The van der Waals surface area contributed by atoms with E-state index < -0.39 is 0 Å². The molecule has 4 nitrogen and oxygen atoms in total. The Labute approximate surface area is 119 Å². The zero-order valence-corrected chi connectivity index (χ0v) is 11.8. The number of hydrogen-bond acceptors (Lipinski definition) is 3. The molecule has 0 bridgehead atoms. The van der Waals surface area contributed by atoms with Crippen molar-refractivity contribution in [1.82, 2.24) is 4.90 Å². The number of nitrogens with two attached hydrogens (primary N) is 1. The molecule has 1 aromatic rings. The fourth-order valence-electron chi connectivity index (χ4n) is 3.67. The number of hydrogen-bond donors (Lipinski definition) is 2. The highest BCUT2D eigenvalue weighted by molar-refractivity contribution is 5.95. The van der Waals surface area contributed by atoms with Gasteiger partial charge in [-0.15, -0.1) is 0 Å². The van der Waals surface area contributed by atoms with Gasteiger partial charge in [0.2, 0.25) is 0 Å². The lowest BCUT2D eigenvalue weighted by atomic mass is 9.77. The van der Waals surface area contributed by atoms with Crippen molar-refractivity contribution in [2.45, 2.75) is 38.5 Å². The van der Waals surface area contributed by atoms with Gasteiger partial charge in [-0.05, 0) is 49.3 Å². The molecule has 3 N–H and O–H groups in total. The second-order valence-electron chi connectivity index (χ2n) is 6.27. The molecule has 1 spiro atoms. The number of carbonyl (C=O) groups excluding carboxylic acids is 1. The molecule has 3 rings (SSSR count). The summed E-state index contributed by atoms with van der Waals surface area (Å²) in [7, 11) is 0. The highest BCUT2D eigenvalue weighted by Crippen LogP contribution is 2.46. The summed E-state index contributed by atoms with van der Waals surface area (Å²) < 4.78 is 0. The summed E-state index contributed by atoms with van der Waals surface area (Å²) in [5.41, 5.74) is 6.92. The summed E-state index contributed by atoms with van der Waals surface area (Å²) >= 11 is 0. The maximum absolute atomic E-state index is 12.4. The zero-order valence-electron chi connectivity index (χ0n) is 11.8. The first-order chi connectivity index (χ1) is 9.60. The van der Waals surface area contributed by atoms with E-state index in [2.05, 4.69) is 0 Å². The number of benzene rings is 1. The molecule has 1 aliphatic heterocycles. The molecule has 0 atom stereocenters. The SMILES string of the molecule is Nc1ccc(C(=O)N2CCC3(CCCC3)CC2)cc1O. The van der Waals surface area contributed by atoms with Crippen molar-refractivity contribution in [3.63, 3.8) is 0 Å². The van der Waals surface area contributed by atoms with Crippen molar-refractivity contribution in [1.29, 1.82) is 0 Å². The largest absolute Gasteiger partial charge is 0.506 e. The maximum atomic E-state index is 12.4. The van der Waals surface area contributed by atoms with Crippen LogP contribution in [0.2, 0.25) is 0 Å². The fraction of sp³-hybridized carbons (Fsp3) is 0.562. The maximum Gasteiger partial charge on any atom is 0.253 e. The molecule has 20 heavy (non-hydrogen) atoms. The third-order valence-corrected chi connectivity index (χ3v) is 5.05. The van der Waals surface area contributed by atoms with Crippen LogP contribution >= 0.6 is 0 Å². The van der Waals surface area contributed by atoms with Gasteiger partial charge in [0.15, 0.2) is 0 Å². The smallest absolute Gasteiger partial charge is 0.253 e. The van der Waals surface area contributed by atoms with Crippen LogP contribution in [0.15, 0.2) is 18.2 Å². The van der Waals surface area contributed by atoms with Crippen LogP contribution in [0.25, 0.3) is 0 Å². The van der Waals surface area contributed by atoms with E-state index in [0.29, 0.717) is 16.7 Å². The molecular formula is C16H22N2O2. The second-order valence-corrected chi connectivity index (χ2v) is 6.27. The van der Waals surface area contributed by atoms with Gasteiger partial charge in [0.1, 0.15) is 5.75 Å². The molecule has 0 radical (unpaired) electrons. The fourth-order valence-corrected chi connectivity index (χ4v) is 3.67. The van der Waals surface area contributed by atoms with Crippen LogP contribution < -0.4 is 5.73 Å². The monoisotopic (exact) mass is 274 g/mol. The molecule has 4 heteroatoms. The lowest BCUT2D eigenvalue weighted by Crippen LogP contribution is -2.42. The Morgan fingerprint density at radius 3 is 2.40 bits per heavy atom. The van der Waals surface area contributed by atoms with Crippen LogP contribution in [-0.2, 0) is 0 Å². The van der Waals surface area contributed by atoms with Crippen LogP contribution in [0.4, 0.5) is 5.69 Å². The van der Waals surface area contributed by atoms with Crippen molar-refractivity contribution in [2.75, 3.05) is 18.8 Å². The second kappa shape index (κ2) is 5.00. The number of nitrogen functional groups attached to an aromatic ring is 1. The zero-order chi connectivity index (χ0) is 14.2. The normalized spacial score (nSPS) is 21.3. The Bertz CT molecular complexity index is 511. The third-order valence-electron chi connectivity index (χ3n) is 5.05.